The van der Waals surface area contributed by atoms with Gasteiger partial charge < -0.3 is 5.32 Å². The molecule has 1 aromatic heterocycles. The number of nitrogens with one attached hydrogen (secondary N) is 1. The summed E-state index contributed by atoms with van der Waals surface area (Å²) in [6, 6.07) is 13.9. The van der Waals surface area contributed by atoms with Crippen LogP contribution in [-0.4, -0.2) is 15.7 Å². The second-order valence-electron chi connectivity index (χ2n) is 5.90. The number of amides is 1. The van der Waals surface area contributed by atoms with Crippen molar-refractivity contribution in [1.29, 1.82) is 0 Å². The molecule has 3 aromatic rings. The molecule has 0 fully saturated rings. The predicted molar refractivity (Wildman–Crippen MR) is 98.2 cm³/mol. The predicted octanol–water partition coefficient (Wildman–Crippen LogP) is 3.78. The van der Waals surface area contributed by atoms with Crippen LogP contribution < -0.4 is 10.9 Å². The van der Waals surface area contributed by atoms with Gasteiger partial charge in [-0.05, 0) is 24.6 Å². The molecule has 1 N–H and O–H groups in total. The van der Waals surface area contributed by atoms with Crippen LogP contribution in [0.25, 0.3) is 11.3 Å². The number of nitrogens with zero attached hydrogens (tertiary/aromatic N) is 2. The topological polar surface area (TPSA) is 64.0 Å². The Kier molecular flexibility index (Phi) is 5.40. The lowest BCUT2D eigenvalue weighted by molar-refractivity contribution is -0.119. The Morgan fingerprint density at radius 1 is 1.11 bits per heavy atom. The Morgan fingerprint density at radius 2 is 1.85 bits per heavy atom. The Hall–Kier alpha value is -3.35. The molecule has 0 aliphatic carbocycles. The lowest BCUT2D eigenvalue weighted by Crippen LogP contribution is -2.34. The molecule has 0 spiro atoms. The van der Waals surface area contributed by atoms with Gasteiger partial charge in [0.1, 0.15) is 17.7 Å². The summed E-state index contributed by atoms with van der Waals surface area (Å²) >= 11 is 0. The number of anilines is 1. The molecule has 0 aliphatic heterocycles. The molecule has 5 nitrogen and oxygen atoms in total. The molecule has 1 amide bonds. The van der Waals surface area contributed by atoms with E-state index in [0.717, 1.165) is 28.4 Å². The SMILES string of the molecule is CC[C@@H](C(=O)Nc1cc(F)ccc1F)n1nc(-c2ccccc2)ccc1=O. The maximum absolute atomic E-state index is 13.8. The molecule has 0 aliphatic rings. The van der Waals surface area contributed by atoms with Crippen molar-refractivity contribution in [2.45, 2.75) is 19.4 Å². The summed E-state index contributed by atoms with van der Waals surface area (Å²) in [4.78, 5) is 24.9. The third kappa shape index (κ3) is 4.08. The van der Waals surface area contributed by atoms with E-state index < -0.39 is 29.1 Å². The Bertz CT molecular complexity index is 1020. The molecule has 0 radical (unpaired) electrons. The van der Waals surface area contributed by atoms with Gasteiger partial charge in [0.25, 0.3) is 5.56 Å². The molecule has 7 heteroatoms. The van der Waals surface area contributed by atoms with Crippen molar-refractivity contribution in [2.24, 2.45) is 0 Å². The molecule has 0 saturated carbocycles. The molecule has 3 rings (SSSR count). The number of rotatable bonds is 5. The highest BCUT2D eigenvalue weighted by Crippen LogP contribution is 2.20. The largest absolute Gasteiger partial charge is 0.322 e. The zero-order valence-electron chi connectivity index (χ0n) is 14.5. The number of hydrogen-bond acceptors (Lipinski definition) is 3. The van der Waals surface area contributed by atoms with E-state index in [2.05, 4.69) is 10.4 Å². The summed E-state index contributed by atoms with van der Waals surface area (Å²) in [7, 11) is 0. The van der Waals surface area contributed by atoms with Crippen LogP contribution in [0, 0.1) is 11.6 Å². The first-order chi connectivity index (χ1) is 13.0. The Balaban J connectivity index is 1.94. The van der Waals surface area contributed by atoms with Crippen molar-refractivity contribution in [1.82, 2.24) is 9.78 Å². The van der Waals surface area contributed by atoms with Crippen LogP contribution in [0.1, 0.15) is 19.4 Å². The standard InChI is InChI=1S/C20H17F2N3O2/c1-2-18(20(27)23-17-12-14(21)8-9-15(17)22)25-19(26)11-10-16(24-25)13-6-4-3-5-7-13/h3-12,18H,2H2,1H3,(H,23,27)/t18-/m0/s1. The maximum Gasteiger partial charge on any atom is 0.267 e. The van der Waals surface area contributed by atoms with Crippen LogP contribution in [0.2, 0.25) is 0 Å². The Labute approximate surface area is 154 Å². The van der Waals surface area contributed by atoms with Crippen molar-refractivity contribution >= 4 is 11.6 Å². The van der Waals surface area contributed by atoms with Gasteiger partial charge in [0.15, 0.2) is 0 Å². The molecular weight excluding hydrogens is 352 g/mol. The number of carbonyl (C=O) groups excluding carboxylic acids is 1. The van der Waals surface area contributed by atoms with E-state index in [1.807, 2.05) is 30.3 Å². The van der Waals surface area contributed by atoms with E-state index in [-0.39, 0.29) is 12.1 Å². The normalized spacial score (nSPS) is 11.8. The summed E-state index contributed by atoms with van der Waals surface area (Å²) in [6.45, 7) is 1.70. The minimum Gasteiger partial charge on any atom is -0.322 e. The van der Waals surface area contributed by atoms with Crippen molar-refractivity contribution in [3.63, 3.8) is 0 Å². The second kappa shape index (κ2) is 7.90. The number of carbonyl (C=O) groups is 1. The first-order valence-corrected chi connectivity index (χ1v) is 8.41. The fourth-order valence-corrected chi connectivity index (χ4v) is 2.69. The Morgan fingerprint density at radius 3 is 2.56 bits per heavy atom. The summed E-state index contributed by atoms with van der Waals surface area (Å²) in [5.74, 6) is -2.10. The first-order valence-electron chi connectivity index (χ1n) is 8.41. The van der Waals surface area contributed by atoms with Crippen molar-refractivity contribution in [3.05, 3.63) is 82.7 Å². The van der Waals surface area contributed by atoms with Gasteiger partial charge in [-0.1, -0.05) is 37.3 Å². The number of benzene rings is 2. The van der Waals surface area contributed by atoms with Gasteiger partial charge in [-0.2, -0.15) is 5.10 Å². The molecule has 0 bridgehead atoms. The van der Waals surface area contributed by atoms with Crippen molar-refractivity contribution < 1.29 is 13.6 Å². The third-order valence-electron chi connectivity index (χ3n) is 4.07. The van der Waals surface area contributed by atoms with Crippen LogP contribution in [0.3, 0.4) is 0 Å². The van der Waals surface area contributed by atoms with Gasteiger partial charge in [0.2, 0.25) is 5.91 Å². The smallest absolute Gasteiger partial charge is 0.267 e. The minimum absolute atomic E-state index is 0.244. The molecule has 2 aromatic carbocycles. The molecular formula is C20H17F2N3O2. The van der Waals surface area contributed by atoms with Gasteiger partial charge in [-0.15, -0.1) is 0 Å². The number of hydrogen-bond donors (Lipinski definition) is 1. The van der Waals surface area contributed by atoms with Crippen LogP contribution in [0.5, 0.6) is 0 Å². The van der Waals surface area contributed by atoms with E-state index in [1.54, 1.807) is 13.0 Å². The fraction of sp³-hybridized carbons (Fsp3) is 0.150. The quantitative estimate of drug-likeness (QED) is 0.744. The van der Waals surface area contributed by atoms with Gasteiger partial charge in [-0.25, -0.2) is 13.5 Å². The minimum atomic E-state index is -0.969. The lowest BCUT2D eigenvalue weighted by Gasteiger charge is -2.17. The summed E-state index contributed by atoms with van der Waals surface area (Å²) in [5.41, 5.74) is 0.568. The van der Waals surface area contributed by atoms with Crippen LogP contribution in [-0.2, 0) is 4.79 Å². The van der Waals surface area contributed by atoms with Crippen LogP contribution >= 0.6 is 0 Å². The number of halogens is 2. The molecule has 27 heavy (non-hydrogen) atoms. The highest BCUT2D eigenvalue weighted by atomic mass is 19.1. The van der Waals surface area contributed by atoms with Crippen molar-refractivity contribution in [3.8, 4) is 11.3 Å². The zero-order chi connectivity index (χ0) is 19.4. The molecule has 0 saturated heterocycles. The molecule has 1 heterocycles. The van der Waals surface area contributed by atoms with Crippen molar-refractivity contribution in [2.75, 3.05) is 5.32 Å². The van der Waals surface area contributed by atoms with Gasteiger partial charge in [0.05, 0.1) is 11.4 Å². The maximum atomic E-state index is 13.8. The monoisotopic (exact) mass is 369 g/mol. The fourth-order valence-electron chi connectivity index (χ4n) is 2.69. The summed E-state index contributed by atoms with van der Waals surface area (Å²) in [5, 5.41) is 6.63. The second-order valence-corrected chi connectivity index (χ2v) is 5.90. The average Bonchev–Trinajstić information content (AvgIpc) is 2.67. The molecule has 1 atom stereocenters. The van der Waals surface area contributed by atoms with E-state index in [4.69, 9.17) is 0 Å². The zero-order valence-corrected chi connectivity index (χ0v) is 14.5. The molecule has 138 valence electrons. The first kappa shape index (κ1) is 18.4. The van der Waals surface area contributed by atoms with E-state index in [1.165, 1.54) is 6.07 Å². The average molecular weight is 369 g/mol. The van der Waals surface area contributed by atoms with Crippen LogP contribution in [0.15, 0.2) is 65.5 Å². The number of aromatic nitrogens is 2. The van der Waals surface area contributed by atoms with Crippen LogP contribution in [0.4, 0.5) is 14.5 Å². The van der Waals surface area contributed by atoms with Gasteiger partial charge >= 0.3 is 0 Å². The van der Waals surface area contributed by atoms with Gasteiger partial charge in [0, 0.05) is 17.7 Å². The van der Waals surface area contributed by atoms with E-state index in [0.29, 0.717) is 5.69 Å². The summed E-state index contributed by atoms with van der Waals surface area (Å²) in [6.07, 6.45) is 0.244. The third-order valence-corrected chi connectivity index (χ3v) is 4.07. The van der Waals surface area contributed by atoms with E-state index >= 15 is 0 Å². The molecule has 0 unspecified atom stereocenters. The highest BCUT2D eigenvalue weighted by molar-refractivity contribution is 5.93. The van der Waals surface area contributed by atoms with E-state index in [9.17, 15) is 18.4 Å². The van der Waals surface area contributed by atoms with Gasteiger partial charge in [-0.3, -0.25) is 9.59 Å². The summed E-state index contributed by atoms with van der Waals surface area (Å²) < 4.78 is 28.2. The lowest BCUT2D eigenvalue weighted by atomic mass is 10.1. The highest BCUT2D eigenvalue weighted by Gasteiger charge is 2.22.